The summed E-state index contributed by atoms with van der Waals surface area (Å²) in [6.45, 7) is 0. The van der Waals surface area contributed by atoms with E-state index in [1.54, 1.807) is 0 Å². The lowest BCUT2D eigenvalue weighted by Crippen LogP contribution is -2.15. The minimum atomic E-state index is -0.722. The Morgan fingerprint density at radius 3 is 2.39 bits per heavy atom. The van der Waals surface area contributed by atoms with Crippen LogP contribution < -0.4 is 5.32 Å². The smallest absolute Gasteiger partial charge is 0.340 e. The topological polar surface area (TPSA) is 119 Å². The quantitative estimate of drug-likeness (QED) is 0.387. The van der Waals surface area contributed by atoms with Crippen LogP contribution in [0.2, 0.25) is 0 Å². The van der Waals surface area contributed by atoms with E-state index in [0.29, 0.717) is 0 Å². The molecule has 2 aromatic carbocycles. The first kappa shape index (κ1) is 16.0. The summed E-state index contributed by atoms with van der Waals surface area (Å²) in [5, 5.41) is 22.8. The van der Waals surface area contributed by atoms with Crippen molar-refractivity contribution in [2.75, 3.05) is 12.4 Å². The van der Waals surface area contributed by atoms with Gasteiger partial charge in [-0.05, 0) is 24.3 Å². The Bertz CT molecular complexity index is 770. The molecule has 0 heterocycles. The van der Waals surface area contributed by atoms with Crippen molar-refractivity contribution in [3.63, 3.8) is 0 Å². The minimum absolute atomic E-state index is 0.0113. The van der Waals surface area contributed by atoms with E-state index in [2.05, 4.69) is 10.1 Å². The number of phenolic OH excluding ortho intramolecular Hbond substituents is 1. The third-order valence-electron chi connectivity index (χ3n) is 3.03. The summed E-state index contributed by atoms with van der Waals surface area (Å²) in [5.41, 5.74) is -0.125. The number of nitrogens with zero attached hydrogens (tertiary/aromatic N) is 1. The third kappa shape index (κ3) is 3.43. The van der Waals surface area contributed by atoms with Crippen LogP contribution in [0.25, 0.3) is 0 Å². The summed E-state index contributed by atoms with van der Waals surface area (Å²) < 4.78 is 4.58. The number of aromatic hydroxyl groups is 1. The average molecular weight is 316 g/mol. The Morgan fingerprint density at radius 2 is 1.83 bits per heavy atom. The molecule has 0 atom stereocenters. The number of anilines is 1. The number of rotatable bonds is 4. The van der Waals surface area contributed by atoms with Gasteiger partial charge in [-0.2, -0.15) is 0 Å². The van der Waals surface area contributed by atoms with E-state index in [-0.39, 0.29) is 28.3 Å². The SMILES string of the molecule is COC(=O)c1cccc(O)c1NC(=O)c1ccc([N+](=O)[O-])cc1. The Morgan fingerprint density at radius 1 is 1.17 bits per heavy atom. The zero-order chi connectivity index (χ0) is 17.0. The Hall–Kier alpha value is -3.42. The standard InChI is InChI=1S/C15H12N2O6/c1-23-15(20)11-3-2-4-12(18)13(11)16-14(19)9-5-7-10(8-6-9)17(21)22/h2-8,18H,1H3,(H,16,19). The van der Waals surface area contributed by atoms with Crippen molar-refractivity contribution in [1.82, 2.24) is 0 Å². The van der Waals surface area contributed by atoms with Crippen LogP contribution in [0.4, 0.5) is 11.4 Å². The maximum atomic E-state index is 12.2. The minimum Gasteiger partial charge on any atom is -0.506 e. The number of para-hydroxylation sites is 1. The lowest BCUT2D eigenvalue weighted by molar-refractivity contribution is -0.384. The number of carbonyl (C=O) groups excluding carboxylic acids is 2. The van der Waals surface area contributed by atoms with Gasteiger partial charge < -0.3 is 15.2 Å². The zero-order valence-corrected chi connectivity index (χ0v) is 12.0. The number of esters is 1. The molecule has 118 valence electrons. The number of nitro groups is 1. The molecule has 0 aliphatic heterocycles. The van der Waals surface area contributed by atoms with Crippen LogP contribution >= 0.6 is 0 Å². The third-order valence-corrected chi connectivity index (χ3v) is 3.03. The second-order valence-corrected chi connectivity index (χ2v) is 4.45. The van der Waals surface area contributed by atoms with Gasteiger partial charge in [0.15, 0.2) is 0 Å². The highest BCUT2D eigenvalue weighted by Crippen LogP contribution is 2.28. The van der Waals surface area contributed by atoms with E-state index < -0.39 is 16.8 Å². The number of non-ortho nitro benzene ring substituents is 1. The fraction of sp³-hybridized carbons (Fsp3) is 0.0667. The van der Waals surface area contributed by atoms with E-state index in [0.717, 1.165) is 0 Å². The van der Waals surface area contributed by atoms with Crippen molar-refractivity contribution in [3.8, 4) is 5.75 Å². The number of carbonyl (C=O) groups is 2. The lowest BCUT2D eigenvalue weighted by Gasteiger charge is -2.11. The molecule has 8 heteroatoms. The molecule has 0 spiro atoms. The number of benzene rings is 2. The first-order chi connectivity index (χ1) is 10.9. The van der Waals surface area contributed by atoms with Crippen LogP contribution in [0.5, 0.6) is 5.75 Å². The Labute approximate surface area is 130 Å². The summed E-state index contributed by atoms with van der Waals surface area (Å²) >= 11 is 0. The van der Waals surface area contributed by atoms with Crippen LogP contribution in [0, 0.1) is 10.1 Å². The second kappa shape index (κ2) is 6.56. The van der Waals surface area contributed by atoms with Gasteiger partial charge in [0.25, 0.3) is 11.6 Å². The summed E-state index contributed by atoms with van der Waals surface area (Å²) in [5.74, 6) is -1.66. The number of methoxy groups -OCH3 is 1. The van der Waals surface area contributed by atoms with Crippen LogP contribution in [0.1, 0.15) is 20.7 Å². The molecule has 2 rings (SSSR count). The molecule has 0 aliphatic rings. The van der Waals surface area contributed by atoms with Crippen molar-refractivity contribution < 1.29 is 24.4 Å². The van der Waals surface area contributed by atoms with E-state index in [4.69, 9.17) is 0 Å². The fourth-order valence-electron chi connectivity index (χ4n) is 1.87. The number of hydrogen-bond acceptors (Lipinski definition) is 6. The maximum absolute atomic E-state index is 12.2. The van der Waals surface area contributed by atoms with Gasteiger partial charge >= 0.3 is 5.97 Å². The molecule has 2 N–H and O–H groups in total. The van der Waals surface area contributed by atoms with Gasteiger partial charge in [0.1, 0.15) is 5.75 Å². The molecule has 0 unspecified atom stereocenters. The monoisotopic (exact) mass is 316 g/mol. The molecule has 0 radical (unpaired) electrons. The molecule has 0 aliphatic carbocycles. The number of amides is 1. The summed E-state index contributed by atoms with van der Waals surface area (Å²) in [7, 11) is 1.17. The van der Waals surface area contributed by atoms with Crippen LogP contribution in [-0.2, 0) is 4.74 Å². The highest BCUT2D eigenvalue weighted by atomic mass is 16.6. The van der Waals surface area contributed by atoms with Gasteiger partial charge in [-0.15, -0.1) is 0 Å². The molecule has 0 saturated carbocycles. The first-order valence-electron chi connectivity index (χ1n) is 6.40. The maximum Gasteiger partial charge on any atom is 0.340 e. The predicted octanol–water partition coefficient (Wildman–Crippen LogP) is 2.34. The Kier molecular flexibility index (Phi) is 4.55. The van der Waals surface area contributed by atoms with E-state index in [9.17, 15) is 24.8 Å². The lowest BCUT2D eigenvalue weighted by atomic mass is 10.1. The molecular weight excluding hydrogens is 304 g/mol. The highest BCUT2D eigenvalue weighted by molar-refractivity contribution is 6.09. The van der Waals surface area contributed by atoms with Crippen LogP contribution in [0.3, 0.4) is 0 Å². The molecule has 2 aromatic rings. The zero-order valence-electron chi connectivity index (χ0n) is 12.0. The Balaban J connectivity index is 2.30. The molecule has 0 bridgehead atoms. The van der Waals surface area contributed by atoms with Crippen molar-refractivity contribution in [3.05, 3.63) is 63.7 Å². The number of hydrogen-bond donors (Lipinski definition) is 2. The molecular formula is C15H12N2O6. The van der Waals surface area contributed by atoms with E-state index in [1.807, 2.05) is 0 Å². The molecule has 0 aromatic heterocycles. The summed E-state index contributed by atoms with van der Waals surface area (Å²) in [6.07, 6.45) is 0. The molecule has 0 fully saturated rings. The predicted molar refractivity (Wildman–Crippen MR) is 80.5 cm³/mol. The summed E-state index contributed by atoms with van der Waals surface area (Å²) in [6, 6.07) is 9.02. The average Bonchev–Trinajstić information content (AvgIpc) is 2.55. The molecule has 0 saturated heterocycles. The van der Waals surface area contributed by atoms with E-state index >= 15 is 0 Å². The van der Waals surface area contributed by atoms with Gasteiger partial charge in [0.05, 0.1) is 23.3 Å². The second-order valence-electron chi connectivity index (χ2n) is 4.45. The van der Waals surface area contributed by atoms with Gasteiger partial charge in [0, 0.05) is 17.7 Å². The largest absolute Gasteiger partial charge is 0.506 e. The molecule has 8 nitrogen and oxygen atoms in total. The normalized spacial score (nSPS) is 9.96. The van der Waals surface area contributed by atoms with Crippen molar-refractivity contribution >= 4 is 23.3 Å². The van der Waals surface area contributed by atoms with Crippen molar-refractivity contribution in [1.29, 1.82) is 0 Å². The van der Waals surface area contributed by atoms with Crippen molar-refractivity contribution in [2.45, 2.75) is 0 Å². The summed E-state index contributed by atoms with van der Waals surface area (Å²) in [4.78, 5) is 33.8. The van der Waals surface area contributed by atoms with Crippen LogP contribution in [-0.4, -0.2) is 29.0 Å². The first-order valence-corrected chi connectivity index (χ1v) is 6.40. The number of phenols is 1. The number of nitro benzene ring substituents is 1. The van der Waals surface area contributed by atoms with Gasteiger partial charge in [-0.3, -0.25) is 14.9 Å². The van der Waals surface area contributed by atoms with Gasteiger partial charge in [-0.1, -0.05) is 6.07 Å². The molecule has 23 heavy (non-hydrogen) atoms. The van der Waals surface area contributed by atoms with Crippen molar-refractivity contribution in [2.24, 2.45) is 0 Å². The van der Waals surface area contributed by atoms with Gasteiger partial charge in [0.2, 0.25) is 0 Å². The van der Waals surface area contributed by atoms with Crippen LogP contribution in [0.15, 0.2) is 42.5 Å². The molecule has 1 amide bonds. The highest BCUT2D eigenvalue weighted by Gasteiger charge is 2.18. The fourth-order valence-corrected chi connectivity index (χ4v) is 1.87. The number of nitrogens with one attached hydrogen (secondary N) is 1. The van der Waals surface area contributed by atoms with Gasteiger partial charge in [-0.25, -0.2) is 4.79 Å². The number of ether oxygens (including phenoxy) is 1. The van der Waals surface area contributed by atoms with E-state index in [1.165, 1.54) is 49.6 Å².